The second-order valence-electron chi connectivity index (χ2n) is 10.1. The zero-order chi connectivity index (χ0) is 26.8. The molecule has 0 bridgehead atoms. The Kier molecular flexibility index (Phi) is 4.62. The van der Waals surface area contributed by atoms with E-state index in [0.29, 0.717) is 11.1 Å². The van der Waals surface area contributed by atoms with Gasteiger partial charge in [-0.25, -0.2) is 0 Å². The van der Waals surface area contributed by atoms with Crippen LogP contribution in [0.15, 0.2) is 121 Å². The third-order valence-electron chi connectivity index (χ3n) is 7.91. The lowest BCUT2D eigenvalue weighted by Gasteiger charge is -2.11. The number of fused-ring (bicyclic) bond motifs is 2. The second-order valence-corrected chi connectivity index (χ2v) is 10.1. The topological polar surface area (TPSA) is 57.4 Å². The molecular weight excluding hydrogens is 488 g/mol. The van der Waals surface area contributed by atoms with Crippen molar-refractivity contribution in [3.63, 3.8) is 0 Å². The molecule has 0 atom stereocenters. The lowest BCUT2D eigenvalue weighted by Crippen LogP contribution is -1.95. The molecule has 0 unspecified atom stereocenters. The van der Waals surface area contributed by atoms with Crippen molar-refractivity contribution in [1.29, 1.82) is 10.5 Å². The number of nitrogens with zero attached hydrogens (tertiary/aromatic N) is 4. The van der Waals surface area contributed by atoms with Gasteiger partial charge in [-0.1, -0.05) is 54.6 Å². The molecule has 0 fully saturated rings. The molecule has 0 aliphatic carbocycles. The van der Waals surface area contributed by atoms with E-state index in [0.717, 1.165) is 22.5 Å². The van der Waals surface area contributed by atoms with Crippen LogP contribution in [0.1, 0.15) is 11.1 Å². The Bertz CT molecular complexity index is 2290. The predicted octanol–water partition coefficient (Wildman–Crippen LogP) is 8.73. The summed E-state index contributed by atoms with van der Waals surface area (Å²) in [5.41, 5.74) is 8.51. The fourth-order valence-corrected chi connectivity index (χ4v) is 6.17. The second kappa shape index (κ2) is 8.33. The van der Waals surface area contributed by atoms with Crippen molar-refractivity contribution < 1.29 is 0 Å². The summed E-state index contributed by atoms with van der Waals surface area (Å²) >= 11 is 0. The Balaban J connectivity index is 1.41. The Hall–Kier alpha value is -5.84. The molecule has 40 heavy (non-hydrogen) atoms. The summed E-state index contributed by atoms with van der Waals surface area (Å²) in [6.07, 6.45) is 2.16. The molecule has 6 aromatic carbocycles. The van der Waals surface area contributed by atoms with Crippen LogP contribution in [0.2, 0.25) is 0 Å². The number of rotatable bonds is 3. The highest BCUT2D eigenvalue weighted by Gasteiger charge is 2.20. The molecule has 0 radical (unpaired) electrons. The van der Waals surface area contributed by atoms with Gasteiger partial charge in [-0.05, 0) is 82.6 Å². The van der Waals surface area contributed by atoms with Crippen LogP contribution in [0.5, 0.6) is 0 Å². The third kappa shape index (κ3) is 3.11. The Labute approximate surface area is 230 Å². The standard InChI is InChI=1S/C36H20N4/c37-21-23-17-24(22-38)19-28(18-23)25-11-13-30(14-12-25)40-32-8-4-5-26-9-10-27-20-33-31(36(40)35(27)34(26)32)15-16-39(33)29-6-2-1-3-7-29/h1-20H. The van der Waals surface area contributed by atoms with E-state index in [9.17, 15) is 10.5 Å². The lowest BCUT2D eigenvalue weighted by molar-refractivity contribution is 1.13. The van der Waals surface area contributed by atoms with Crippen LogP contribution in [0.3, 0.4) is 0 Å². The van der Waals surface area contributed by atoms with Gasteiger partial charge in [-0.3, -0.25) is 0 Å². The van der Waals surface area contributed by atoms with Gasteiger partial charge in [0.25, 0.3) is 0 Å². The molecule has 0 saturated carbocycles. The first-order chi connectivity index (χ1) is 19.7. The molecular formula is C36H20N4. The van der Waals surface area contributed by atoms with Gasteiger partial charge >= 0.3 is 0 Å². The molecule has 184 valence electrons. The van der Waals surface area contributed by atoms with E-state index in [1.807, 2.05) is 18.2 Å². The Morgan fingerprint density at radius 3 is 2.02 bits per heavy atom. The van der Waals surface area contributed by atoms with Gasteiger partial charge in [0, 0.05) is 33.7 Å². The molecule has 2 heterocycles. The summed E-state index contributed by atoms with van der Waals surface area (Å²) in [7, 11) is 0. The number of nitriles is 2. The van der Waals surface area contributed by atoms with Gasteiger partial charge in [-0.2, -0.15) is 10.5 Å². The van der Waals surface area contributed by atoms with Crippen molar-refractivity contribution in [2.45, 2.75) is 0 Å². The minimum absolute atomic E-state index is 0.483. The van der Waals surface area contributed by atoms with Crippen molar-refractivity contribution in [3.05, 3.63) is 133 Å². The van der Waals surface area contributed by atoms with Gasteiger partial charge in [0.1, 0.15) is 0 Å². The summed E-state index contributed by atoms with van der Waals surface area (Å²) < 4.78 is 4.63. The van der Waals surface area contributed by atoms with Gasteiger partial charge in [-0.15, -0.1) is 0 Å². The van der Waals surface area contributed by atoms with Crippen LogP contribution in [0.4, 0.5) is 0 Å². The molecule has 0 N–H and O–H groups in total. The first-order valence-electron chi connectivity index (χ1n) is 13.1. The summed E-state index contributed by atoms with van der Waals surface area (Å²) in [6.45, 7) is 0. The lowest BCUT2D eigenvalue weighted by atomic mass is 10.00. The predicted molar refractivity (Wildman–Crippen MR) is 161 cm³/mol. The number of hydrogen-bond acceptors (Lipinski definition) is 2. The Morgan fingerprint density at radius 2 is 1.27 bits per heavy atom. The molecule has 0 saturated heterocycles. The maximum absolute atomic E-state index is 9.44. The van der Waals surface area contributed by atoms with E-state index in [1.54, 1.807) is 6.07 Å². The van der Waals surface area contributed by atoms with Crippen molar-refractivity contribution in [2.24, 2.45) is 0 Å². The first-order valence-corrected chi connectivity index (χ1v) is 13.1. The number of hydrogen-bond donors (Lipinski definition) is 0. The maximum Gasteiger partial charge on any atom is 0.0992 e. The summed E-state index contributed by atoms with van der Waals surface area (Å²) in [5, 5.41) is 25.1. The molecule has 0 amide bonds. The number of para-hydroxylation sites is 1. The number of benzene rings is 6. The van der Waals surface area contributed by atoms with Crippen LogP contribution >= 0.6 is 0 Å². The van der Waals surface area contributed by atoms with Gasteiger partial charge in [0.15, 0.2) is 0 Å². The monoisotopic (exact) mass is 508 g/mol. The fourth-order valence-electron chi connectivity index (χ4n) is 6.17. The molecule has 0 aliphatic rings. The average molecular weight is 509 g/mol. The minimum Gasteiger partial charge on any atom is -0.316 e. The molecule has 8 aromatic rings. The van der Waals surface area contributed by atoms with Crippen molar-refractivity contribution in [1.82, 2.24) is 9.13 Å². The number of aromatic nitrogens is 2. The smallest absolute Gasteiger partial charge is 0.0992 e. The van der Waals surface area contributed by atoms with Gasteiger partial charge in [0.05, 0.1) is 39.8 Å². The minimum atomic E-state index is 0.483. The largest absolute Gasteiger partial charge is 0.316 e. The summed E-state index contributed by atoms with van der Waals surface area (Å²) in [6, 6.07) is 44.0. The Morgan fingerprint density at radius 1 is 0.525 bits per heavy atom. The first kappa shape index (κ1) is 22.2. The van der Waals surface area contributed by atoms with Crippen molar-refractivity contribution in [2.75, 3.05) is 0 Å². The zero-order valence-electron chi connectivity index (χ0n) is 21.3. The van der Waals surface area contributed by atoms with Crippen LogP contribution in [0.25, 0.3) is 66.0 Å². The quantitative estimate of drug-likeness (QED) is 0.224. The van der Waals surface area contributed by atoms with Crippen LogP contribution in [-0.4, -0.2) is 9.13 Å². The van der Waals surface area contributed by atoms with E-state index in [-0.39, 0.29) is 0 Å². The van der Waals surface area contributed by atoms with Crippen molar-refractivity contribution in [3.8, 4) is 34.6 Å². The molecule has 0 aliphatic heterocycles. The fraction of sp³-hybridized carbons (Fsp3) is 0. The average Bonchev–Trinajstić information content (AvgIpc) is 3.60. The van der Waals surface area contributed by atoms with E-state index in [4.69, 9.17) is 0 Å². The normalized spacial score (nSPS) is 11.4. The molecule has 2 aromatic heterocycles. The van der Waals surface area contributed by atoms with Crippen LogP contribution in [0, 0.1) is 22.7 Å². The van der Waals surface area contributed by atoms with Crippen LogP contribution in [-0.2, 0) is 0 Å². The highest BCUT2D eigenvalue weighted by Crippen LogP contribution is 2.43. The van der Waals surface area contributed by atoms with E-state index in [1.165, 1.54) is 43.5 Å². The summed E-state index contributed by atoms with van der Waals surface area (Å²) in [5.74, 6) is 0. The molecule has 8 rings (SSSR count). The highest BCUT2D eigenvalue weighted by molar-refractivity contribution is 6.29. The maximum atomic E-state index is 9.44. The van der Waals surface area contributed by atoms with Crippen molar-refractivity contribution >= 4 is 43.5 Å². The third-order valence-corrected chi connectivity index (χ3v) is 7.91. The molecule has 4 nitrogen and oxygen atoms in total. The molecule has 0 spiro atoms. The van der Waals surface area contributed by atoms with Crippen LogP contribution < -0.4 is 0 Å². The zero-order valence-corrected chi connectivity index (χ0v) is 21.3. The molecule has 4 heteroatoms. The van der Waals surface area contributed by atoms with E-state index in [2.05, 4.69) is 118 Å². The van der Waals surface area contributed by atoms with Gasteiger partial charge < -0.3 is 9.13 Å². The SMILES string of the molecule is N#Cc1cc(C#N)cc(-c2ccc(-n3c4cccc5ccc6cc7c(ccn7-c7ccccc7)c3c6c54)cc2)c1. The van der Waals surface area contributed by atoms with Gasteiger partial charge in [0.2, 0.25) is 0 Å². The highest BCUT2D eigenvalue weighted by atomic mass is 15.0. The van der Waals surface area contributed by atoms with E-state index < -0.39 is 0 Å². The van der Waals surface area contributed by atoms with E-state index >= 15 is 0 Å². The summed E-state index contributed by atoms with van der Waals surface area (Å²) in [4.78, 5) is 0.